The van der Waals surface area contributed by atoms with Crippen molar-refractivity contribution in [3.05, 3.63) is 47.2 Å². The molecule has 1 unspecified atom stereocenters. The van der Waals surface area contributed by atoms with Gasteiger partial charge in [0.25, 0.3) is 0 Å². The Morgan fingerprint density at radius 3 is 2.70 bits per heavy atom. The van der Waals surface area contributed by atoms with Gasteiger partial charge in [-0.2, -0.15) is 0 Å². The van der Waals surface area contributed by atoms with Crippen LogP contribution in [0.2, 0.25) is 0 Å². The summed E-state index contributed by atoms with van der Waals surface area (Å²) in [5.74, 6) is 2.34. The molecule has 1 N–H and O–H groups in total. The summed E-state index contributed by atoms with van der Waals surface area (Å²) in [6.45, 7) is 1.04. The van der Waals surface area contributed by atoms with Crippen LogP contribution in [0.3, 0.4) is 0 Å². The van der Waals surface area contributed by atoms with E-state index in [2.05, 4.69) is 40.8 Å². The van der Waals surface area contributed by atoms with Crippen molar-refractivity contribution in [2.24, 2.45) is 5.92 Å². The Balaban J connectivity index is 1.44. The van der Waals surface area contributed by atoms with Crippen molar-refractivity contribution < 1.29 is 4.52 Å². The second kappa shape index (κ2) is 6.77. The summed E-state index contributed by atoms with van der Waals surface area (Å²) in [4.78, 5) is 0. The molecule has 4 rings (SSSR count). The minimum atomic E-state index is 0.596. The van der Waals surface area contributed by atoms with Crippen molar-refractivity contribution >= 4 is 5.88 Å². The number of fused-ring (bicyclic) bond motifs is 1. The standard InChI is InChI=1S/C20H26N2O/c1-3-7-15(8-4-1)14-21-20-18-13-17(11-12-19(18)22-23-20)16-9-5-2-6-10-16/h2,5-6,9-10,15,17,21H,1,3-4,7-8,11-14H2. The lowest BCUT2D eigenvalue weighted by Crippen LogP contribution is -2.18. The highest BCUT2D eigenvalue weighted by Crippen LogP contribution is 2.36. The van der Waals surface area contributed by atoms with Gasteiger partial charge >= 0.3 is 0 Å². The Bertz CT molecular complexity index is 628. The first-order valence-electron chi connectivity index (χ1n) is 9.16. The van der Waals surface area contributed by atoms with Gasteiger partial charge in [-0.15, -0.1) is 0 Å². The topological polar surface area (TPSA) is 38.1 Å². The Morgan fingerprint density at radius 2 is 1.87 bits per heavy atom. The monoisotopic (exact) mass is 310 g/mol. The van der Waals surface area contributed by atoms with Crippen LogP contribution in [0.25, 0.3) is 0 Å². The zero-order valence-corrected chi connectivity index (χ0v) is 13.8. The smallest absolute Gasteiger partial charge is 0.228 e. The Hall–Kier alpha value is -1.77. The fraction of sp³-hybridized carbons (Fsp3) is 0.550. The van der Waals surface area contributed by atoms with Gasteiger partial charge in [-0.25, -0.2) is 0 Å². The van der Waals surface area contributed by atoms with Gasteiger partial charge in [-0.05, 0) is 49.5 Å². The minimum absolute atomic E-state index is 0.596. The molecule has 3 heteroatoms. The molecule has 0 spiro atoms. The van der Waals surface area contributed by atoms with Gasteiger partial charge in [0.2, 0.25) is 5.88 Å². The molecule has 1 aromatic heterocycles. The summed E-state index contributed by atoms with van der Waals surface area (Å²) in [7, 11) is 0. The Kier molecular flexibility index (Phi) is 4.36. The molecule has 122 valence electrons. The fourth-order valence-corrected chi connectivity index (χ4v) is 4.19. The van der Waals surface area contributed by atoms with E-state index in [0.29, 0.717) is 5.92 Å². The minimum Gasteiger partial charge on any atom is -0.354 e. The third-order valence-electron chi connectivity index (χ3n) is 5.60. The first-order chi connectivity index (χ1) is 11.4. The van der Waals surface area contributed by atoms with Gasteiger partial charge < -0.3 is 9.84 Å². The third kappa shape index (κ3) is 3.29. The van der Waals surface area contributed by atoms with Crippen LogP contribution in [0, 0.1) is 5.92 Å². The number of benzene rings is 1. The molecule has 1 aromatic carbocycles. The van der Waals surface area contributed by atoms with E-state index < -0.39 is 0 Å². The van der Waals surface area contributed by atoms with Crippen LogP contribution in [0.1, 0.15) is 61.3 Å². The first kappa shape index (κ1) is 14.8. The third-order valence-corrected chi connectivity index (χ3v) is 5.60. The zero-order chi connectivity index (χ0) is 15.5. The average Bonchev–Trinajstić information content (AvgIpc) is 3.04. The van der Waals surface area contributed by atoms with E-state index in [4.69, 9.17) is 4.52 Å². The molecule has 1 atom stereocenters. The molecule has 3 nitrogen and oxygen atoms in total. The SMILES string of the molecule is c1ccc(C2CCc3noc(NCC4CCCCC4)c3C2)cc1. The number of anilines is 1. The number of hydrogen-bond acceptors (Lipinski definition) is 3. The van der Waals surface area contributed by atoms with E-state index >= 15 is 0 Å². The van der Waals surface area contributed by atoms with E-state index in [1.54, 1.807) is 0 Å². The van der Waals surface area contributed by atoms with E-state index in [1.165, 1.54) is 55.3 Å². The van der Waals surface area contributed by atoms with Crippen LogP contribution in [-0.4, -0.2) is 11.7 Å². The molecule has 23 heavy (non-hydrogen) atoms. The predicted molar refractivity (Wildman–Crippen MR) is 92.8 cm³/mol. The van der Waals surface area contributed by atoms with E-state index in [1.807, 2.05) is 0 Å². The summed E-state index contributed by atoms with van der Waals surface area (Å²) in [6, 6.07) is 10.9. The number of nitrogens with one attached hydrogen (secondary N) is 1. The van der Waals surface area contributed by atoms with Gasteiger partial charge in [-0.3, -0.25) is 0 Å². The number of rotatable bonds is 4. The largest absolute Gasteiger partial charge is 0.354 e. The highest BCUT2D eigenvalue weighted by molar-refractivity contribution is 5.46. The molecule has 0 saturated heterocycles. The van der Waals surface area contributed by atoms with Crippen LogP contribution in [0.4, 0.5) is 5.88 Å². The molecular weight excluding hydrogens is 284 g/mol. The van der Waals surface area contributed by atoms with Crippen molar-refractivity contribution in [3.63, 3.8) is 0 Å². The molecule has 2 aliphatic rings. The summed E-state index contributed by atoms with van der Waals surface area (Å²) >= 11 is 0. The maximum atomic E-state index is 5.63. The maximum Gasteiger partial charge on any atom is 0.228 e. The highest BCUT2D eigenvalue weighted by atomic mass is 16.5. The molecule has 0 aliphatic heterocycles. The van der Waals surface area contributed by atoms with Crippen LogP contribution < -0.4 is 5.32 Å². The van der Waals surface area contributed by atoms with Crippen molar-refractivity contribution in [3.8, 4) is 0 Å². The van der Waals surface area contributed by atoms with Crippen LogP contribution in [-0.2, 0) is 12.8 Å². The summed E-state index contributed by atoms with van der Waals surface area (Å²) < 4.78 is 5.63. The van der Waals surface area contributed by atoms with E-state index in [-0.39, 0.29) is 0 Å². The average molecular weight is 310 g/mol. The van der Waals surface area contributed by atoms with Crippen LogP contribution in [0.5, 0.6) is 0 Å². The van der Waals surface area contributed by atoms with E-state index in [0.717, 1.165) is 31.2 Å². The molecule has 0 amide bonds. The fourth-order valence-electron chi connectivity index (χ4n) is 4.19. The van der Waals surface area contributed by atoms with Gasteiger partial charge in [0.1, 0.15) is 0 Å². The van der Waals surface area contributed by atoms with Gasteiger partial charge in [0.15, 0.2) is 0 Å². The van der Waals surface area contributed by atoms with Gasteiger partial charge in [0, 0.05) is 12.1 Å². The number of hydrogen-bond donors (Lipinski definition) is 1. The molecule has 2 aromatic rings. The molecule has 1 fully saturated rings. The predicted octanol–water partition coefficient (Wildman–Crippen LogP) is 4.94. The summed E-state index contributed by atoms with van der Waals surface area (Å²) in [5, 5.41) is 7.88. The van der Waals surface area contributed by atoms with Crippen LogP contribution in [0.15, 0.2) is 34.9 Å². The quantitative estimate of drug-likeness (QED) is 0.869. The normalized spacial score (nSPS) is 21.8. The summed E-state index contributed by atoms with van der Waals surface area (Å²) in [6.07, 6.45) is 10.2. The first-order valence-corrected chi connectivity index (χ1v) is 9.16. The molecule has 1 saturated carbocycles. The Labute approximate surface area is 138 Å². The van der Waals surface area contributed by atoms with Crippen molar-refractivity contribution in [1.82, 2.24) is 5.16 Å². The second-order valence-corrected chi connectivity index (χ2v) is 7.17. The second-order valence-electron chi connectivity index (χ2n) is 7.17. The van der Waals surface area contributed by atoms with Crippen molar-refractivity contribution in [2.75, 3.05) is 11.9 Å². The molecule has 0 radical (unpaired) electrons. The zero-order valence-electron chi connectivity index (χ0n) is 13.8. The molecule has 1 heterocycles. The van der Waals surface area contributed by atoms with Crippen LogP contribution >= 0.6 is 0 Å². The maximum absolute atomic E-state index is 5.63. The van der Waals surface area contributed by atoms with Gasteiger partial charge in [-0.1, -0.05) is 54.8 Å². The lowest BCUT2D eigenvalue weighted by molar-refractivity contribution is 0.366. The molecule has 0 bridgehead atoms. The summed E-state index contributed by atoms with van der Waals surface area (Å²) in [5.41, 5.74) is 3.93. The van der Waals surface area contributed by atoms with Gasteiger partial charge in [0.05, 0.1) is 5.69 Å². The Morgan fingerprint density at radius 1 is 1.04 bits per heavy atom. The number of aryl methyl sites for hydroxylation is 1. The lowest BCUT2D eigenvalue weighted by atomic mass is 9.82. The number of nitrogens with zero attached hydrogens (tertiary/aromatic N) is 1. The van der Waals surface area contributed by atoms with E-state index in [9.17, 15) is 0 Å². The molecular formula is C20H26N2O. The number of aromatic nitrogens is 1. The van der Waals surface area contributed by atoms with Crippen molar-refractivity contribution in [1.29, 1.82) is 0 Å². The lowest BCUT2D eigenvalue weighted by Gasteiger charge is -2.23. The van der Waals surface area contributed by atoms with Crippen molar-refractivity contribution in [2.45, 2.75) is 57.3 Å². The highest BCUT2D eigenvalue weighted by Gasteiger charge is 2.27. The molecule has 2 aliphatic carbocycles.